The summed E-state index contributed by atoms with van der Waals surface area (Å²) in [6.45, 7) is 4.34. The Morgan fingerprint density at radius 1 is 0.872 bits per heavy atom. The summed E-state index contributed by atoms with van der Waals surface area (Å²) >= 11 is 0. The topological polar surface area (TPSA) is 92.0 Å². The van der Waals surface area contributed by atoms with E-state index in [-0.39, 0.29) is 58.6 Å². The van der Waals surface area contributed by atoms with Gasteiger partial charge in [-0.25, -0.2) is 23.5 Å². The molecule has 5 rings (SSSR count). The molecule has 246 valence electrons. The second-order valence-corrected chi connectivity index (χ2v) is 10.8. The number of alkyl halides is 3. The monoisotopic (exact) mass is 653 g/mol. The molecule has 13 heteroatoms. The van der Waals surface area contributed by atoms with Crippen molar-refractivity contribution in [1.82, 2.24) is 24.7 Å². The van der Waals surface area contributed by atoms with Crippen molar-refractivity contribution in [3.8, 4) is 39.8 Å². The van der Waals surface area contributed by atoms with Crippen LogP contribution in [-0.2, 0) is 15.7 Å². The third kappa shape index (κ3) is 7.72. The molecule has 3 aromatic rings. The average molecular weight is 654 g/mol. The van der Waals surface area contributed by atoms with E-state index < -0.39 is 35.4 Å². The largest absolute Gasteiger partial charge is 0.494 e. The summed E-state index contributed by atoms with van der Waals surface area (Å²) in [6, 6.07) is 9.04. The number of halogens is 5. The molecular formula is C34H32F5N5O3. The summed E-state index contributed by atoms with van der Waals surface area (Å²) in [5, 5.41) is 4.33. The van der Waals surface area contributed by atoms with Crippen molar-refractivity contribution in [1.29, 1.82) is 0 Å². The number of carbonyl (C=O) groups excluding carboxylic acids is 1. The number of pyridine rings is 1. The molecule has 1 aromatic heterocycles. The maximum absolute atomic E-state index is 14.4. The quantitative estimate of drug-likeness (QED) is 0.0717. The van der Waals surface area contributed by atoms with Crippen LogP contribution in [0, 0.1) is 11.6 Å². The van der Waals surface area contributed by atoms with Crippen molar-refractivity contribution < 1.29 is 36.2 Å². The first kappa shape index (κ1) is 33.4. The molecule has 0 spiro atoms. The predicted molar refractivity (Wildman–Crippen MR) is 163 cm³/mol. The minimum absolute atomic E-state index is 0.0341. The highest BCUT2D eigenvalue weighted by Crippen LogP contribution is 2.39. The van der Waals surface area contributed by atoms with Crippen molar-refractivity contribution in [3.05, 3.63) is 89.9 Å². The van der Waals surface area contributed by atoms with Crippen LogP contribution in [0.1, 0.15) is 63.1 Å². The highest BCUT2D eigenvalue weighted by atomic mass is 19.4. The molecule has 2 aliphatic heterocycles. The Hall–Kier alpha value is -4.94. The van der Waals surface area contributed by atoms with Crippen LogP contribution in [0.5, 0.6) is 5.75 Å². The normalized spacial score (nSPS) is 12.3. The maximum atomic E-state index is 14.4. The van der Waals surface area contributed by atoms with E-state index in [0.717, 1.165) is 31.4 Å². The molecule has 2 aromatic carbocycles. The average Bonchev–Trinajstić information content (AvgIpc) is 3.48. The fourth-order valence-electron chi connectivity index (χ4n) is 4.97. The summed E-state index contributed by atoms with van der Waals surface area (Å²) in [7, 11) is 0. The Balaban J connectivity index is 1.50. The van der Waals surface area contributed by atoms with E-state index in [2.05, 4.69) is 27.0 Å². The van der Waals surface area contributed by atoms with E-state index in [1.165, 1.54) is 59.7 Å². The van der Waals surface area contributed by atoms with Crippen molar-refractivity contribution >= 4 is 5.97 Å². The highest BCUT2D eigenvalue weighted by Gasteiger charge is 2.35. The number of esters is 1. The molecule has 2 aliphatic rings. The Morgan fingerprint density at radius 3 is 2.40 bits per heavy atom. The van der Waals surface area contributed by atoms with E-state index in [0.29, 0.717) is 12.8 Å². The fraction of sp³-hybridized carbons (Fsp3) is 0.324. The number of benzene rings is 2. The minimum atomic E-state index is -4.67. The number of nitrogens with zero attached hydrogens (tertiary/aromatic N) is 5. The Morgan fingerprint density at radius 2 is 1.68 bits per heavy atom. The predicted octanol–water partition coefficient (Wildman–Crippen LogP) is 8.31. The van der Waals surface area contributed by atoms with Crippen molar-refractivity contribution in [3.63, 3.8) is 0 Å². The van der Waals surface area contributed by atoms with E-state index in [9.17, 15) is 26.7 Å². The zero-order chi connectivity index (χ0) is 33.6. The van der Waals surface area contributed by atoms with Gasteiger partial charge >= 0.3 is 12.1 Å². The van der Waals surface area contributed by atoms with E-state index in [1.54, 1.807) is 0 Å². The molecule has 0 amide bonds. The molecule has 8 nitrogen and oxygen atoms in total. The van der Waals surface area contributed by atoms with Gasteiger partial charge in [0.15, 0.2) is 23.5 Å². The van der Waals surface area contributed by atoms with Crippen LogP contribution in [0.25, 0.3) is 34.0 Å². The third-order valence-electron chi connectivity index (χ3n) is 7.35. The smallest absolute Gasteiger partial charge is 0.417 e. The van der Waals surface area contributed by atoms with Crippen LogP contribution in [0.2, 0.25) is 0 Å². The third-order valence-corrected chi connectivity index (χ3v) is 7.35. The van der Waals surface area contributed by atoms with E-state index in [1.807, 2.05) is 6.92 Å². The lowest BCUT2D eigenvalue weighted by atomic mass is 10.0. The number of imidazole rings is 1. The summed E-state index contributed by atoms with van der Waals surface area (Å²) in [5.41, 5.74) is -0.368. The molecule has 1 unspecified atom stereocenters. The SMILES string of the molecule is CCCCCCOC(=O)C(c1ccc(-c2ccc(OCCC)cc2C(F)(F)F)nc1)n1cc2nc(-c3cccc(F)c3F)nc-2cn1. The maximum Gasteiger partial charge on any atom is 0.417 e. The van der Waals surface area contributed by atoms with Crippen LogP contribution < -0.4 is 4.74 Å². The number of hydrogen-bond donors (Lipinski definition) is 0. The van der Waals surface area contributed by atoms with E-state index >= 15 is 0 Å². The van der Waals surface area contributed by atoms with Gasteiger partial charge in [-0.15, -0.1) is 0 Å². The molecule has 0 saturated carbocycles. The zero-order valence-electron chi connectivity index (χ0n) is 25.7. The van der Waals surface area contributed by atoms with Gasteiger partial charge in [0.25, 0.3) is 0 Å². The molecule has 0 radical (unpaired) electrons. The summed E-state index contributed by atoms with van der Waals surface area (Å²) in [6.07, 6.45) is 3.50. The number of aromatic nitrogens is 5. The first-order chi connectivity index (χ1) is 22.6. The molecule has 0 fully saturated rings. The Labute approximate surface area is 268 Å². The minimum Gasteiger partial charge on any atom is -0.494 e. The van der Waals surface area contributed by atoms with Crippen molar-refractivity contribution in [2.24, 2.45) is 0 Å². The highest BCUT2D eigenvalue weighted by molar-refractivity contribution is 5.78. The molecule has 0 aliphatic carbocycles. The first-order valence-corrected chi connectivity index (χ1v) is 15.2. The van der Waals surface area contributed by atoms with Gasteiger partial charge in [-0.2, -0.15) is 18.3 Å². The summed E-state index contributed by atoms with van der Waals surface area (Å²) in [5.74, 6) is -2.79. The molecule has 0 bridgehead atoms. The first-order valence-electron chi connectivity index (χ1n) is 15.2. The standard InChI is InChI=1S/C34H32F5N5O3/c1-3-5-6-7-16-47-33(45)31(44-20-29-28(19-41-44)42-32(43-29)24-9-8-10-26(35)30(24)36)21-11-14-27(40-18-21)23-13-12-22(46-15-4-2)17-25(23)34(37,38)39/h8-14,17-20,31H,3-7,15-16H2,1-2H3. The van der Waals surface area contributed by atoms with Gasteiger partial charge < -0.3 is 9.47 Å². The fourth-order valence-corrected chi connectivity index (χ4v) is 4.97. The number of rotatable bonds is 13. The van der Waals surface area contributed by atoms with Crippen LogP contribution in [0.4, 0.5) is 22.0 Å². The van der Waals surface area contributed by atoms with Crippen LogP contribution in [0.15, 0.2) is 67.1 Å². The van der Waals surface area contributed by atoms with Gasteiger partial charge in [0.2, 0.25) is 0 Å². The molecule has 1 atom stereocenters. The number of unbranched alkanes of at least 4 members (excludes halogenated alkanes) is 3. The molecule has 0 saturated heterocycles. The molecule has 0 N–H and O–H groups in total. The lowest BCUT2D eigenvalue weighted by Gasteiger charge is -2.20. The number of fused-ring (bicyclic) bond motifs is 1. The van der Waals surface area contributed by atoms with Crippen LogP contribution in [-0.4, -0.2) is 43.9 Å². The van der Waals surface area contributed by atoms with Gasteiger partial charge in [-0.05, 0) is 49.2 Å². The molecule has 3 heterocycles. The number of hydrogen-bond acceptors (Lipinski definition) is 7. The zero-order valence-corrected chi connectivity index (χ0v) is 25.7. The van der Waals surface area contributed by atoms with Gasteiger partial charge in [-0.1, -0.05) is 45.2 Å². The van der Waals surface area contributed by atoms with Crippen molar-refractivity contribution in [2.75, 3.05) is 13.2 Å². The molecule has 47 heavy (non-hydrogen) atoms. The van der Waals surface area contributed by atoms with Gasteiger partial charge in [0, 0.05) is 17.3 Å². The second kappa shape index (κ2) is 14.7. The lowest BCUT2D eigenvalue weighted by molar-refractivity contribution is -0.146. The number of ether oxygens (including phenoxy) is 2. The van der Waals surface area contributed by atoms with Crippen LogP contribution in [0.3, 0.4) is 0 Å². The van der Waals surface area contributed by atoms with Crippen LogP contribution >= 0.6 is 0 Å². The second-order valence-electron chi connectivity index (χ2n) is 10.8. The summed E-state index contributed by atoms with van der Waals surface area (Å²) in [4.78, 5) is 26.4. The van der Waals surface area contributed by atoms with E-state index in [4.69, 9.17) is 9.47 Å². The molecular weight excluding hydrogens is 621 g/mol. The number of carbonyl (C=O) groups is 1. The van der Waals surface area contributed by atoms with Crippen molar-refractivity contribution in [2.45, 2.75) is 58.2 Å². The Bertz CT molecular complexity index is 1790. The summed E-state index contributed by atoms with van der Waals surface area (Å²) < 4.78 is 82.7. The Kier molecular flexibility index (Phi) is 10.4. The van der Waals surface area contributed by atoms with Gasteiger partial charge in [0.1, 0.15) is 17.1 Å². The van der Waals surface area contributed by atoms with Gasteiger partial charge in [0.05, 0.1) is 42.4 Å². The lowest BCUT2D eigenvalue weighted by Crippen LogP contribution is -2.25. The van der Waals surface area contributed by atoms with Gasteiger partial charge in [-0.3, -0.25) is 9.67 Å².